The number of hydrogen-bond acceptors (Lipinski definition) is 3. The smallest absolute Gasteiger partial charge is 0.309 e. The summed E-state index contributed by atoms with van der Waals surface area (Å²) in [6.07, 6.45) is 11.9. The Balaban J connectivity index is 1.71. The standard InChI is InChI=1S/C27H30O3/c1-30-25(29)10-2-5-19-11-13-22(14-12-19)27(23-15-17-24(28)18-16-23)26-20-6-3-7-21(26)9-4-8-20/h2,5,11-18,20-21,28H,3-4,6-10H2,1H3/b5-2+,27-26?. The molecule has 0 heterocycles. The van der Waals surface area contributed by atoms with Crippen molar-refractivity contribution >= 4 is 17.6 Å². The van der Waals surface area contributed by atoms with E-state index in [2.05, 4.69) is 29.0 Å². The van der Waals surface area contributed by atoms with Gasteiger partial charge in [-0.25, -0.2) is 0 Å². The van der Waals surface area contributed by atoms with Crippen LogP contribution in [0.2, 0.25) is 0 Å². The summed E-state index contributed by atoms with van der Waals surface area (Å²) in [4.78, 5) is 11.3. The normalized spacial score (nSPS) is 20.9. The fourth-order valence-electron chi connectivity index (χ4n) is 5.14. The predicted octanol–water partition coefficient (Wildman–Crippen LogP) is 6.37. The second-order valence-corrected chi connectivity index (χ2v) is 8.44. The zero-order valence-corrected chi connectivity index (χ0v) is 17.6. The van der Waals surface area contributed by atoms with Crippen molar-refractivity contribution in [3.8, 4) is 5.75 Å². The van der Waals surface area contributed by atoms with Gasteiger partial charge in [0, 0.05) is 0 Å². The lowest BCUT2D eigenvalue weighted by molar-refractivity contribution is -0.139. The topological polar surface area (TPSA) is 46.5 Å². The molecule has 1 N–H and O–H groups in total. The molecular formula is C27H30O3. The number of ether oxygens (including phenoxy) is 1. The fourth-order valence-corrected chi connectivity index (χ4v) is 5.14. The molecule has 2 aromatic carbocycles. The molecule has 3 heteroatoms. The summed E-state index contributed by atoms with van der Waals surface area (Å²) in [5.41, 5.74) is 6.48. The second-order valence-electron chi connectivity index (χ2n) is 8.44. The Morgan fingerprint density at radius 1 is 0.933 bits per heavy atom. The number of esters is 1. The third-order valence-electron chi connectivity index (χ3n) is 6.56. The maximum Gasteiger partial charge on any atom is 0.309 e. The first-order valence-corrected chi connectivity index (χ1v) is 11.0. The van der Waals surface area contributed by atoms with Crippen LogP contribution in [0.15, 0.2) is 60.2 Å². The summed E-state index contributed by atoms with van der Waals surface area (Å²) in [6, 6.07) is 16.3. The van der Waals surface area contributed by atoms with E-state index in [0.717, 1.165) is 5.56 Å². The van der Waals surface area contributed by atoms with E-state index in [1.807, 2.05) is 24.3 Å². The maximum atomic E-state index is 11.3. The van der Waals surface area contributed by atoms with Crippen LogP contribution in [0.4, 0.5) is 0 Å². The van der Waals surface area contributed by atoms with Crippen LogP contribution in [0.5, 0.6) is 5.75 Å². The number of carbonyl (C=O) groups excluding carboxylic acids is 1. The van der Waals surface area contributed by atoms with Gasteiger partial charge in [0.1, 0.15) is 5.75 Å². The van der Waals surface area contributed by atoms with Gasteiger partial charge in [0.15, 0.2) is 0 Å². The van der Waals surface area contributed by atoms with Crippen LogP contribution in [-0.4, -0.2) is 18.2 Å². The summed E-state index contributed by atoms with van der Waals surface area (Å²) < 4.78 is 4.69. The molecule has 2 aliphatic carbocycles. The van der Waals surface area contributed by atoms with E-state index in [0.29, 0.717) is 17.6 Å². The van der Waals surface area contributed by atoms with Crippen LogP contribution in [-0.2, 0) is 9.53 Å². The monoisotopic (exact) mass is 402 g/mol. The highest BCUT2D eigenvalue weighted by Gasteiger charge is 2.33. The SMILES string of the molecule is COC(=O)C/C=C/c1ccc(C(=C2C3CCCC2CCC3)c2ccc(O)cc2)cc1. The lowest BCUT2D eigenvalue weighted by Gasteiger charge is -2.39. The lowest BCUT2D eigenvalue weighted by atomic mass is 9.65. The molecule has 2 fully saturated rings. The average molecular weight is 403 g/mol. The van der Waals surface area contributed by atoms with Crippen molar-refractivity contribution in [2.75, 3.05) is 7.11 Å². The van der Waals surface area contributed by atoms with Gasteiger partial charge in [0.05, 0.1) is 13.5 Å². The number of hydrogen-bond donors (Lipinski definition) is 1. The average Bonchev–Trinajstić information content (AvgIpc) is 2.76. The first-order valence-electron chi connectivity index (χ1n) is 11.0. The fraction of sp³-hybridized carbons (Fsp3) is 0.370. The van der Waals surface area contributed by atoms with Gasteiger partial charge in [-0.05, 0) is 71.9 Å². The van der Waals surface area contributed by atoms with Crippen molar-refractivity contribution in [2.24, 2.45) is 11.8 Å². The Hall–Kier alpha value is -2.81. The predicted molar refractivity (Wildman–Crippen MR) is 121 cm³/mol. The summed E-state index contributed by atoms with van der Waals surface area (Å²) in [5, 5.41) is 9.80. The van der Waals surface area contributed by atoms with Gasteiger partial charge < -0.3 is 9.84 Å². The molecule has 30 heavy (non-hydrogen) atoms. The van der Waals surface area contributed by atoms with Crippen molar-refractivity contribution in [2.45, 2.75) is 44.9 Å². The van der Waals surface area contributed by atoms with E-state index in [1.54, 1.807) is 17.7 Å². The van der Waals surface area contributed by atoms with E-state index in [-0.39, 0.29) is 12.4 Å². The van der Waals surface area contributed by atoms with Crippen LogP contribution in [0.3, 0.4) is 0 Å². The minimum absolute atomic E-state index is 0.231. The number of allylic oxidation sites excluding steroid dienone is 1. The zero-order valence-electron chi connectivity index (χ0n) is 17.6. The Labute approximate surface area is 179 Å². The van der Waals surface area contributed by atoms with Gasteiger partial charge in [-0.3, -0.25) is 4.79 Å². The van der Waals surface area contributed by atoms with Crippen LogP contribution in [0.1, 0.15) is 61.6 Å². The number of rotatable bonds is 5. The number of methoxy groups -OCH3 is 1. The molecular weight excluding hydrogens is 372 g/mol. The maximum absolute atomic E-state index is 11.3. The number of phenolic OH excluding ortho intramolecular Hbond substituents is 1. The molecule has 4 rings (SSSR count). The van der Waals surface area contributed by atoms with E-state index >= 15 is 0 Å². The number of phenols is 1. The minimum Gasteiger partial charge on any atom is -0.508 e. The number of aromatic hydroxyl groups is 1. The number of carbonyl (C=O) groups is 1. The number of fused-ring (bicyclic) bond motifs is 2. The first-order chi connectivity index (χ1) is 14.7. The van der Waals surface area contributed by atoms with Crippen molar-refractivity contribution in [3.63, 3.8) is 0 Å². The third kappa shape index (κ3) is 4.51. The molecule has 2 bridgehead atoms. The lowest BCUT2D eigenvalue weighted by Crippen LogP contribution is -2.25. The molecule has 0 saturated heterocycles. The van der Waals surface area contributed by atoms with E-state index in [4.69, 9.17) is 0 Å². The molecule has 0 aliphatic heterocycles. The third-order valence-corrected chi connectivity index (χ3v) is 6.56. The minimum atomic E-state index is -0.231. The van der Waals surface area contributed by atoms with Crippen LogP contribution >= 0.6 is 0 Å². The Kier molecular flexibility index (Phi) is 6.37. The molecule has 0 unspecified atom stereocenters. The van der Waals surface area contributed by atoms with E-state index in [1.165, 1.54) is 62.3 Å². The van der Waals surface area contributed by atoms with Gasteiger partial charge in [-0.1, -0.05) is 67.0 Å². The van der Waals surface area contributed by atoms with E-state index < -0.39 is 0 Å². The van der Waals surface area contributed by atoms with Crippen LogP contribution in [0, 0.1) is 11.8 Å². The summed E-state index contributed by atoms with van der Waals surface area (Å²) in [7, 11) is 1.41. The highest BCUT2D eigenvalue weighted by atomic mass is 16.5. The summed E-state index contributed by atoms with van der Waals surface area (Å²) in [6.45, 7) is 0. The first kappa shape index (κ1) is 20.5. The number of benzene rings is 2. The molecule has 0 radical (unpaired) electrons. The molecule has 156 valence electrons. The van der Waals surface area contributed by atoms with Gasteiger partial charge in [-0.2, -0.15) is 0 Å². The molecule has 0 aromatic heterocycles. The molecule has 2 aliphatic rings. The van der Waals surface area contributed by atoms with Crippen molar-refractivity contribution in [1.29, 1.82) is 0 Å². The molecule has 0 atom stereocenters. The Morgan fingerprint density at radius 2 is 1.47 bits per heavy atom. The van der Waals surface area contributed by atoms with Gasteiger partial charge in [0.25, 0.3) is 0 Å². The Morgan fingerprint density at radius 3 is 2.00 bits per heavy atom. The molecule has 0 amide bonds. The van der Waals surface area contributed by atoms with Gasteiger partial charge in [0.2, 0.25) is 0 Å². The zero-order chi connectivity index (χ0) is 20.9. The highest BCUT2D eigenvalue weighted by Crippen LogP contribution is 2.48. The van der Waals surface area contributed by atoms with Crippen LogP contribution in [0.25, 0.3) is 11.6 Å². The second kappa shape index (κ2) is 9.34. The Bertz CT molecular complexity index is 911. The van der Waals surface area contributed by atoms with E-state index in [9.17, 15) is 9.90 Å². The molecule has 2 saturated carbocycles. The molecule has 2 aromatic rings. The van der Waals surface area contributed by atoms with Crippen molar-refractivity contribution in [1.82, 2.24) is 0 Å². The van der Waals surface area contributed by atoms with Gasteiger partial charge in [-0.15, -0.1) is 0 Å². The van der Waals surface area contributed by atoms with Crippen molar-refractivity contribution < 1.29 is 14.6 Å². The van der Waals surface area contributed by atoms with Crippen molar-refractivity contribution in [3.05, 3.63) is 76.9 Å². The van der Waals surface area contributed by atoms with Crippen LogP contribution < -0.4 is 0 Å². The largest absolute Gasteiger partial charge is 0.508 e. The quantitative estimate of drug-likeness (QED) is 0.591. The molecule has 3 nitrogen and oxygen atoms in total. The molecule has 0 spiro atoms. The summed E-state index contributed by atoms with van der Waals surface area (Å²) in [5.74, 6) is 1.44. The highest BCUT2D eigenvalue weighted by molar-refractivity contribution is 5.83. The van der Waals surface area contributed by atoms with Gasteiger partial charge >= 0.3 is 5.97 Å². The summed E-state index contributed by atoms with van der Waals surface area (Å²) >= 11 is 0.